The van der Waals surface area contributed by atoms with Crippen molar-refractivity contribution >= 4 is 5.97 Å². The molecule has 3 nitrogen and oxygen atoms in total. The minimum Gasteiger partial charge on any atom is -0.460 e. The molecule has 0 rings (SSSR count). The van der Waals surface area contributed by atoms with E-state index in [1.807, 2.05) is 20.8 Å². The van der Waals surface area contributed by atoms with Gasteiger partial charge >= 0.3 is 5.97 Å². The lowest BCUT2D eigenvalue weighted by atomic mass is 9.92. The Labute approximate surface area is 99.2 Å². The minimum atomic E-state index is -0.437. The van der Waals surface area contributed by atoms with Crippen LogP contribution in [0.15, 0.2) is 0 Å². The fourth-order valence-corrected chi connectivity index (χ4v) is 1.58. The van der Waals surface area contributed by atoms with Crippen molar-refractivity contribution in [1.29, 1.82) is 0 Å². The zero-order valence-corrected chi connectivity index (χ0v) is 11.2. The Morgan fingerprint density at radius 3 is 2.31 bits per heavy atom. The average molecular weight is 230 g/mol. The second-order valence-corrected chi connectivity index (χ2v) is 5.59. The van der Waals surface area contributed by atoms with Crippen molar-refractivity contribution in [2.75, 3.05) is 6.61 Å². The van der Waals surface area contributed by atoms with E-state index in [1.165, 1.54) is 0 Å². The normalized spacial score (nSPS) is 15.6. The highest BCUT2D eigenvalue weighted by molar-refractivity contribution is 5.70. The SMILES string of the molecule is CC[C@@H](C)C[C@@H](CO)CC(=O)OC(C)(C)C. The summed E-state index contributed by atoms with van der Waals surface area (Å²) in [7, 11) is 0. The van der Waals surface area contributed by atoms with Gasteiger partial charge < -0.3 is 9.84 Å². The van der Waals surface area contributed by atoms with Crippen LogP contribution in [0.3, 0.4) is 0 Å². The molecule has 96 valence electrons. The lowest BCUT2D eigenvalue weighted by Crippen LogP contribution is -2.26. The van der Waals surface area contributed by atoms with E-state index in [9.17, 15) is 9.90 Å². The molecule has 0 amide bonds. The van der Waals surface area contributed by atoms with Crippen molar-refractivity contribution in [1.82, 2.24) is 0 Å². The topological polar surface area (TPSA) is 46.5 Å². The second-order valence-electron chi connectivity index (χ2n) is 5.59. The fourth-order valence-electron chi connectivity index (χ4n) is 1.58. The third-order valence-corrected chi connectivity index (χ3v) is 2.57. The van der Waals surface area contributed by atoms with Crippen molar-refractivity contribution in [3.8, 4) is 0 Å². The summed E-state index contributed by atoms with van der Waals surface area (Å²) in [6, 6.07) is 0. The maximum Gasteiger partial charge on any atom is 0.306 e. The Bertz CT molecular complexity index is 206. The van der Waals surface area contributed by atoms with Crippen molar-refractivity contribution < 1.29 is 14.6 Å². The second kappa shape index (κ2) is 6.89. The zero-order chi connectivity index (χ0) is 12.8. The molecule has 3 heteroatoms. The zero-order valence-electron chi connectivity index (χ0n) is 11.2. The Balaban J connectivity index is 4.07. The number of esters is 1. The van der Waals surface area contributed by atoms with E-state index in [0.29, 0.717) is 12.3 Å². The lowest BCUT2D eigenvalue weighted by Gasteiger charge is -2.22. The van der Waals surface area contributed by atoms with Crippen LogP contribution in [-0.4, -0.2) is 23.3 Å². The minimum absolute atomic E-state index is 0.0322. The van der Waals surface area contributed by atoms with Gasteiger partial charge in [0.05, 0.1) is 6.42 Å². The van der Waals surface area contributed by atoms with E-state index >= 15 is 0 Å². The predicted octanol–water partition coefficient (Wildman–Crippen LogP) is 2.76. The van der Waals surface area contributed by atoms with Crippen molar-refractivity contribution in [3.63, 3.8) is 0 Å². The molecule has 0 aliphatic carbocycles. The van der Waals surface area contributed by atoms with Crippen LogP contribution >= 0.6 is 0 Å². The molecular formula is C13H26O3. The number of ether oxygens (including phenoxy) is 1. The van der Waals surface area contributed by atoms with Gasteiger partial charge in [-0.2, -0.15) is 0 Å². The summed E-state index contributed by atoms with van der Waals surface area (Å²) < 4.78 is 5.24. The fraction of sp³-hybridized carbons (Fsp3) is 0.923. The first-order valence-corrected chi connectivity index (χ1v) is 6.11. The van der Waals surface area contributed by atoms with Gasteiger partial charge in [0.1, 0.15) is 5.60 Å². The lowest BCUT2D eigenvalue weighted by molar-refractivity contribution is -0.156. The molecule has 0 aromatic carbocycles. The largest absolute Gasteiger partial charge is 0.460 e. The van der Waals surface area contributed by atoms with Gasteiger partial charge in [-0.1, -0.05) is 20.3 Å². The quantitative estimate of drug-likeness (QED) is 0.714. The van der Waals surface area contributed by atoms with E-state index in [2.05, 4.69) is 13.8 Å². The summed E-state index contributed by atoms with van der Waals surface area (Å²) >= 11 is 0. The molecule has 0 aromatic rings. The van der Waals surface area contributed by atoms with Crippen LogP contribution in [0, 0.1) is 11.8 Å². The highest BCUT2D eigenvalue weighted by Gasteiger charge is 2.21. The van der Waals surface area contributed by atoms with Gasteiger partial charge in [0.15, 0.2) is 0 Å². The Morgan fingerprint density at radius 2 is 1.94 bits per heavy atom. The van der Waals surface area contributed by atoms with Crippen molar-refractivity contribution in [3.05, 3.63) is 0 Å². The molecule has 0 saturated heterocycles. The van der Waals surface area contributed by atoms with E-state index < -0.39 is 5.60 Å². The highest BCUT2D eigenvalue weighted by Crippen LogP contribution is 2.19. The third kappa shape index (κ3) is 7.69. The maximum atomic E-state index is 11.6. The van der Waals surface area contributed by atoms with Gasteiger partial charge in [0.25, 0.3) is 0 Å². The number of carbonyl (C=O) groups excluding carboxylic acids is 1. The monoisotopic (exact) mass is 230 g/mol. The summed E-state index contributed by atoms with van der Waals surface area (Å²) in [6.45, 7) is 9.88. The van der Waals surface area contributed by atoms with Crippen LogP contribution in [0.4, 0.5) is 0 Å². The molecule has 16 heavy (non-hydrogen) atoms. The van der Waals surface area contributed by atoms with Crippen molar-refractivity contribution in [2.24, 2.45) is 11.8 Å². The number of aliphatic hydroxyl groups excluding tert-OH is 1. The van der Waals surface area contributed by atoms with Gasteiger partial charge in [-0.15, -0.1) is 0 Å². The summed E-state index contributed by atoms with van der Waals surface area (Å²) in [5, 5.41) is 9.21. The molecule has 0 heterocycles. The molecule has 0 bridgehead atoms. The summed E-state index contributed by atoms with van der Waals surface area (Å²) in [5.41, 5.74) is -0.437. The Kier molecular flexibility index (Phi) is 6.65. The van der Waals surface area contributed by atoms with Crippen LogP contribution < -0.4 is 0 Å². The molecule has 0 spiro atoms. The molecule has 0 aromatic heterocycles. The van der Waals surface area contributed by atoms with E-state index in [1.54, 1.807) is 0 Å². The molecule has 0 radical (unpaired) electrons. The number of hydrogen-bond donors (Lipinski definition) is 1. The Hall–Kier alpha value is -0.570. The smallest absolute Gasteiger partial charge is 0.306 e. The number of hydrogen-bond acceptors (Lipinski definition) is 3. The van der Waals surface area contributed by atoms with Gasteiger partial charge in [-0.3, -0.25) is 4.79 Å². The summed E-state index contributed by atoms with van der Waals surface area (Å²) in [4.78, 5) is 11.6. The van der Waals surface area contributed by atoms with Gasteiger partial charge in [-0.25, -0.2) is 0 Å². The molecule has 1 N–H and O–H groups in total. The number of carbonyl (C=O) groups is 1. The van der Waals surface area contributed by atoms with Crippen LogP contribution in [-0.2, 0) is 9.53 Å². The van der Waals surface area contributed by atoms with E-state index in [4.69, 9.17) is 4.74 Å². The van der Waals surface area contributed by atoms with Gasteiger partial charge in [0.2, 0.25) is 0 Å². The molecular weight excluding hydrogens is 204 g/mol. The molecule has 0 aliphatic heterocycles. The summed E-state index contributed by atoms with van der Waals surface area (Å²) in [6.07, 6.45) is 2.27. The molecule has 0 fully saturated rings. The van der Waals surface area contributed by atoms with Crippen LogP contribution in [0.1, 0.15) is 53.9 Å². The van der Waals surface area contributed by atoms with E-state index in [-0.39, 0.29) is 18.5 Å². The molecule has 0 unspecified atom stereocenters. The number of aliphatic hydroxyl groups is 1. The van der Waals surface area contributed by atoms with Gasteiger partial charge in [0, 0.05) is 6.61 Å². The first-order chi connectivity index (χ1) is 7.28. The first kappa shape index (κ1) is 15.4. The standard InChI is InChI=1S/C13H26O3/c1-6-10(2)7-11(9-14)8-12(15)16-13(3,4)5/h10-11,14H,6-9H2,1-5H3/t10-,11-/m1/s1. The van der Waals surface area contributed by atoms with Gasteiger partial charge in [-0.05, 0) is 39.0 Å². The van der Waals surface area contributed by atoms with Crippen LogP contribution in [0.2, 0.25) is 0 Å². The van der Waals surface area contributed by atoms with Crippen molar-refractivity contribution in [2.45, 2.75) is 59.5 Å². The highest BCUT2D eigenvalue weighted by atomic mass is 16.6. The first-order valence-electron chi connectivity index (χ1n) is 6.11. The van der Waals surface area contributed by atoms with E-state index in [0.717, 1.165) is 12.8 Å². The molecule has 2 atom stereocenters. The van der Waals surface area contributed by atoms with Crippen LogP contribution in [0.25, 0.3) is 0 Å². The third-order valence-electron chi connectivity index (χ3n) is 2.57. The predicted molar refractivity (Wildman–Crippen MR) is 65.1 cm³/mol. The maximum absolute atomic E-state index is 11.6. The number of rotatable bonds is 6. The molecule has 0 saturated carbocycles. The Morgan fingerprint density at radius 1 is 1.38 bits per heavy atom. The molecule has 0 aliphatic rings. The summed E-state index contributed by atoms with van der Waals surface area (Å²) in [5.74, 6) is 0.360. The average Bonchev–Trinajstić information content (AvgIpc) is 2.13. The van der Waals surface area contributed by atoms with Crippen LogP contribution in [0.5, 0.6) is 0 Å².